The van der Waals surface area contributed by atoms with Gasteiger partial charge in [-0.05, 0) is 32.9 Å². The molecule has 0 spiro atoms. The van der Waals surface area contributed by atoms with Crippen molar-refractivity contribution in [1.82, 2.24) is 10.2 Å². The van der Waals surface area contributed by atoms with Gasteiger partial charge in [0.15, 0.2) is 0 Å². The summed E-state index contributed by atoms with van der Waals surface area (Å²) in [7, 11) is 0. The van der Waals surface area contributed by atoms with Crippen LogP contribution in [0, 0.1) is 0 Å². The number of piperazine rings is 1. The van der Waals surface area contributed by atoms with E-state index >= 15 is 0 Å². The molecule has 0 aromatic rings. The first-order chi connectivity index (χ1) is 8.29. The van der Waals surface area contributed by atoms with Gasteiger partial charge < -0.3 is 10.2 Å². The van der Waals surface area contributed by atoms with Crippen LogP contribution in [0.5, 0.6) is 0 Å². The van der Waals surface area contributed by atoms with E-state index in [1.165, 1.54) is 0 Å². The van der Waals surface area contributed by atoms with Gasteiger partial charge in [-0.2, -0.15) is 11.8 Å². The van der Waals surface area contributed by atoms with E-state index in [0.29, 0.717) is 13.0 Å². The second-order valence-corrected chi connectivity index (χ2v) is 6.75. The minimum atomic E-state index is -0.789. The maximum absolute atomic E-state index is 12.5. The molecule has 0 radical (unpaired) electrons. The highest BCUT2D eigenvalue weighted by molar-refractivity contribution is 7.99. The van der Waals surface area contributed by atoms with Gasteiger partial charge in [0.25, 0.3) is 0 Å². The number of hydrogen-bond donors (Lipinski definition) is 1. The van der Waals surface area contributed by atoms with Crippen LogP contribution in [-0.4, -0.2) is 45.8 Å². The Labute approximate surface area is 114 Å². The molecule has 1 heterocycles. The Kier molecular flexibility index (Phi) is 4.70. The molecule has 0 bridgehead atoms. The molecular formula is C13H24N2O2S. The Hall–Kier alpha value is -0.710. The lowest BCUT2D eigenvalue weighted by atomic mass is 9.86. The molecule has 1 saturated heterocycles. The smallest absolute Gasteiger partial charge is 0.248 e. The van der Waals surface area contributed by atoms with Crippen molar-refractivity contribution in [2.45, 2.75) is 52.1 Å². The molecule has 18 heavy (non-hydrogen) atoms. The third kappa shape index (κ3) is 2.66. The summed E-state index contributed by atoms with van der Waals surface area (Å²) in [6, 6.07) is 0. The second-order valence-electron chi connectivity index (χ2n) is 5.36. The number of nitrogens with one attached hydrogen (secondary N) is 1. The summed E-state index contributed by atoms with van der Waals surface area (Å²) in [5.74, 6) is 1.88. The molecule has 4 nitrogen and oxygen atoms in total. The van der Waals surface area contributed by atoms with Crippen LogP contribution in [0.3, 0.4) is 0 Å². The van der Waals surface area contributed by atoms with E-state index < -0.39 is 11.1 Å². The van der Waals surface area contributed by atoms with Crippen molar-refractivity contribution >= 4 is 23.6 Å². The lowest BCUT2D eigenvalue weighted by molar-refractivity contribution is -0.160. The van der Waals surface area contributed by atoms with Gasteiger partial charge >= 0.3 is 0 Å². The van der Waals surface area contributed by atoms with E-state index in [2.05, 4.69) is 12.2 Å². The third-order valence-electron chi connectivity index (χ3n) is 3.64. The molecule has 0 saturated carbocycles. The number of nitrogens with zero attached hydrogens (tertiary/aromatic N) is 1. The Balaban J connectivity index is 2.95. The summed E-state index contributed by atoms with van der Waals surface area (Å²) in [6.45, 7) is 10.1. The van der Waals surface area contributed by atoms with Crippen molar-refractivity contribution < 1.29 is 9.59 Å². The summed E-state index contributed by atoms with van der Waals surface area (Å²) in [4.78, 5) is 26.5. The average molecular weight is 272 g/mol. The SMILES string of the molecule is CCSCCN1C(=O)C(C)(C)NC(=O)C1(C)CC. The van der Waals surface area contributed by atoms with Crippen LogP contribution >= 0.6 is 11.8 Å². The van der Waals surface area contributed by atoms with E-state index in [4.69, 9.17) is 0 Å². The van der Waals surface area contributed by atoms with E-state index in [1.54, 1.807) is 30.5 Å². The van der Waals surface area contributed by atoms with Crippen LogP contribution in [0.2, 0.25) is 0 Å². The van der Waals surface area contributed by atoms with Crippen molar-refractivity contribution in [3.63, 3.8) is 0 Å². The Morgan fingerprint density at radius 1 is 1.22 bits per heavy atom. The first kappa shape index (κ1) is 15.3. The van der Waals surface area contributed by atoms with Crippen molar-refractivity contribution in [3.8, 4) is 0 Å². The summed E-state index contributed by atoms with van der Waals surface area (Å²) in [5, 5.41) is 2.83. The molecule has 1 atom stereocenters. The zero-order valence-corrected chi connectivity index (χ0v) is 12.8. The van der Waals surface area contributed by atoms with Gasteiger partial charge in [-0.3, -0.25) is 9.59 Å². The Morgan fingerprint density at radius 3 is 2.33 bits per heavy atom. The highest BCUT2D eigenvalue weighted by atomic mass is 32.2. The molecule has 1 aliphatic heterocycles. The van der Waals surface area contributed by atoms with Crippen molar-refractivity contribution in [2.24, 2.45) is 0 Å². The fraction of sp³-hybridized carbons (Fsp3) is 0.846. The normalized spacial score (nSPS) is 27.3. The van der Waals surface area contributed by atoms with Gasteiger partial charge in [-0.25, -0.2) is 0 Å². The third-order valence-corrected chi connectivity index (χ3v) is 4.52. The molecule has 1 rings (SSSR count). The van der Waals surface area contributed by atoms with E-state index in [9.17, 15) is 9.59 Å². The lowest BCUT2D eigenvalue weighted by Crippen LogP contribution is -2.73. The van der Waals surface area contributed by atoms with Gasteiger partial charge in [0.05, 0.1) is 0 Å². The first-order valence-corrected chi connectivity index (χ1v) is 7.67. The Bertz CT molecular complexity index is 344. The molecule has 1 aliphatic rings. The van der Waals surface area contributed by atoms with Gasteiger partial charge in [0.2, 0.25) is 11.8 Å². The molecule has 1 fully saturated rings. The van der Waals surface area contributed by atoms with Crippen LogP contribution in [0.15, 0.2) is 0 Å². The van der Waals surface area contributed by atoms with Crippen LogP contribution in [-0.2, 0) is 9.59 Å². The highest BCUT2D eigenvalue weighted by Gasteiger charge is 2.51. The minimum Gasteiger partial charge on any atom is -0.340 e. The van der Waals surface area contributed by atoms with Crippen LogP contribution in [0.4, 0.5) is 0 Å². The Morgan fingerprint density at radius 2 is 1.83 bits per heavy atom. The quantitative estimate of drug-likeness (QED) is 0.774. The molecule has 5 heteroatoms. The lowest BCUT2D eigenvalue weighted by Gasteiger charge is -2.49. The predicted octanol–water partition coefficient (Wildman–Crippen LogP) is 1.65. The summed E-state index contributed by atoms with van der Waals surface area (Å²) < 4.78 is 0. The van der Waals surface area contributed by atoms with E-state index in [1.807, 2.05) is 13.8 Å². The maximum Gasteiger partial charge on any atom is 0.248 e. The van der Waals surface area contributed by atoms with Gasteiger partial charge in [0, 0.05) is 12.3 Å². The fourth-order valence-corrected chi connectivity index (χ4v) is 2.76. The molecule has 0 aromatic carbocycles. The molecule has 0 aromatic heterocycles. The molecule has 0 aliphatic carbocycles. The average Bonchev–Trinajstić information content (AvgIpc) is 2.31. The maximum atomic E-state index is 12.5. The number of thioether (sulfide) groups is 1. The van der Waals surface area contributed by atoms with E-state index in [0.717, 1.165) is 11.5 Å². The summed E-state index contributed by atoms with van der Waals surface area (Å²) in [6.07, 6.45) is 0.636. The predicted molar refractivity (Wildman–Crippen MR) is 75.6 cm³/mol. The number of hydrogen-bond acceptors (Lipinski definition) is 3. The number of amides is 2. The highest BCUT2D eigenvalue weighted by Crippen LogP contribution is 2.29. The van der Waals surface area contributed by atoms with Crippen LogP contribution in [0.25, 0.3) is 0 Å². The van der Waals surface area contributed by atoms with Crippen LogP contribution in [0.1, 0.15) is 41.0 Å². The number of carbonyl (C=O) groups excluding carboxylic acids is 2. The second kappa shape index (κ2) is 5.51. The first-order valence-electron chi connectivity index (χ1n) is 6.52. The van der Waals surface area contributed by atoms with Gasteiger partial charge in [0.1, 0.15) is 11.1 Å². The molecular weight excluding hydrogens is 248 g/mol. The minimum absolute atomic E-state index is 0.0168. The zero-order valence-electron chi connectivity index (χ0n) is 12.0. The molecule has 1 N–H and O–H groups in total. The van der Waals surface area contributed by atoms with Gasteiger partial charge in [-0.15, -0.1) is 0 Å². The fourth-order valence-electron chi connectivity index (χ4n) is 2.16. The summed E-state index contributed by atoms with van der Waals surface area (Å²) in [5.41, 5.74) is -1.50. The van der Waals surface area contributed by atoms with Crippen molar-refractivity contribution in [2.75, 3.05) is 18.1 Å². The molecule has 2 amide bonds. The van der Waals surface area contributed by atoms with Crippen molar-refractivity contribution in [1.29, 1.82) is 0 Å². The number of carbonyl (C=O) groups is 2. The van der Waals surface area contributed by atoms with Crippen molar-refractivity contribution in [3.05, 3.63) is 0 Å². The zero-order chi connectivity index (χ0) is 14.0. The standard InChI is InChI=1S/C13H24N2O2S/c1-6-13(5)10(16)14-12(3,4)11(17)15(13)8-9-18-7-2/h6-9H2,1-5H3,(H,14,16). The van der Waals surface area contributed by atoms with Crippen LogP contribution < -0.4 is 5.32 Å². The monoisotopic (exact) mass is 272 g/mol. The topological polar surface area (TPSA) is 49.4 Å². The molecule has 104 valence electrons. The molecule has 1 unspecified atom stereocenters. The largest absolute Gasteiger partial charge is 0.340 e. The van der Waals surface area contributed by atoms with Gasteiger partial charge in [-0.1, -0.05) is 13.8 Å². The number of rotatable bonds is 5. The summed E-state index contributed by atoms with van der Waals surface area (Å²) >= 11 is 1.79. The van der Waals surface area contributed by atoms with E-state index in [-0.39, 0.29) is 11.8 Å².